The van der Waals surface area contributed by atoms with Crippen LogP contribution in [-0.4, -0.2) is 14.5 Å². The minimum absolute atomic E-state index is 0.0184. The van der Waals surface area contributed by atoms with Gasteiger partial charge >= 0.3 is 6.18 Å². The number of rotatable bonds is 3. The van der Waals surface area contributed by atoms with Gasteiger partial charge in [0.25, 0.3) is 10.1 Å². The lowest BCUT2D eigenvalue weighted by Gasteiger charge is -2.24. The van der Waals surface area contributed by atoms with Crippen LogP contribution in [-0.2, 0) is 20.5 Å². The Labute approximate surface area is 109 Å². The van der Waals surface area contributed by atoms with Crippen LogP contribution in [0.4, 0.5) is 13.2 Å². The van der Waals surface area contributed by atoms with E-state index in [0.717, 1.165) is 18.6 Å². The highest BCUT2D eigenvalue weighted by atomic mass is 32.2. The molecule has 3 nitrogen and oxygen atoms in total. The fourth-order valence-electron chi connectivity index (χ4n) is 1.76. The molecule has 1 fully saturated rings. The van der Waals surface area contributed by atoms with E-state index in [0.29, 0.717) is 18.9 Å². The average molecular weight is 294 g/mol. The van der Waals surface area contributed by atoms with Crippen molar-refractivity contribution in [1.82, 2.24) is 0 Å². The number of alkyl halides is 3. The topological polar surface area (TPSA) is 43.4 Å². The SMILES string of the molecule is Cc1ccc(S(=O)(=O)OC2CCC2)cc1C(F)(F)F. The first-order valence-corrected chi connectivity index (χ1v) is 7.22. The van der Waals surface area contributed by atoms with Crippen LogP contribution in [0.15, 0.2) is 23.1 Å². The van der Waals surface area contributed by atoms with Gasteiger partial charge in [-0.25, -0.2) is 0 Å². The molecule has 0 atom stereocenters. The Bertz CT molecular complexity index is 574. The first-order chi connectivity index (χ1) is 8.70. The first-order valence-electron chi connectivity index (χ1n) is 5.81. The summed E-state index contributed by atoms with van der Waals surface area (Å²) in [5.41, 5.74) is -0.971. The molecule has 2 rings (SSSR count). The quantitative estimate of drug-likeness (QED) is 0.804. The van der Waals surface area contributed by atoms with Crippen molar-refractivity contribution in [3.8, 4) is 0 Å². The molecule has 0 bridgehead atoms. The summed E-state index contributed by atoms with van der Waals surface area (Å²) in [7, 11) is -4.12. The standard InChI is InChI=1S/C12H13F3O3S/c1-8-5-6-10(7-11(8)12(13,14)15)19(16,17)18-9-3-2-4-9/h5-7,9H,2-4H2,1H3. The Balaban J connectivity index is 2.34. The van der Waals surface area contributed by atoms with Crippen LogP contribution in [0.25, 0.3) is 0 Å². The minimum Gasteiger partial charge on any atom is -0.263 e. The highest BCUT2D eigenvalue weighted by Crippen LogP contribution is 2.34. The zero-order chi connectivity index (χ0) is 14.3. The van der Waals surface area contributed by atoms with Crippen molar-refractivity contribution in [2.45, 2.75) is 43.4 Å². The number of hydrogen-bond acceptors (Lipinski definition) is 3. The molecule has 1 aromatic carbocycles. The third kappa shape index (κ3) is 3.09. The second kappa shape index (κ2) is 4.79. The van der Waals surface area contributed by atoms with Gasteiger partial charge in [-0.15, -0.1) is 0 Å². The molecule has 19 heavy (non-hydrogen) atoms. The molecule has 0 spiro atoms. The van der Waals surface area contributed by atoms with E-state index in [1.165, 1.54) is 6.92 Å². The van der Waals surface area contributed by atoms with Crippen LogP contribution in [0.1, 0.15) is 30.4 Å². The molecule has 1 saturated carbocycles. The molecule has 0 saturated heterocycles. The molecule has 106 valence electrons. The van der Waals surface area contributed by atoms with Crippen LogP contribution in [0.3, 0.4) is 0 Å². The van der Waals surface area contributed by atoms with Gasteiger partial charge in [-0.1, -0.05) is 6.07 Å². The zero-order valence-corrected chi connectivity index (χ0v) is 11.0. The van der Waals surface area contributed by atoms with E-state index in [4.69, 9.17) is 4.18 Å². The summed E-state index contributed by atoms with van der Waals surface area (Å²) in [6, 6.07) is 2.90. The van der Waals surface area contributed by atoms with Crippen LogP contribution in [0.2, 0.25) is 0 Å². The Kier molecular flexibility index (Phi) is 3.61. The molecular weight excluding hydrogens is 281 g/mol. The van der Waals surface area contributed by atoms with Gasteiger partial charge in [0, 0.05) is 0 Å². The van der Waals surface area contributed by atoms with Gasteiger partial charge in [0.1, 0.15) is 0 Å². The largest absolute Gasteiger partial charge is 0.416 e. The summed E-state index contributed by atoms with van der Waals surface area (Å²) in [4.78, 5) is -0.447. The second-order valence-electron chi connectivity index (χ2n) is 4.58. The molecule has 0 heterocycles. The molecule has 0 unspecified atom stereocenters. The summed E-state index contributed by atoms with van der Waals surface area (Å²) in [6.45, 7) is 1.28. The van der Waals surface area contributed by atoms with Crippen molar-refractivity contribution in [3.63, 3.8) is 0 Å². The fraction of sp³-hybridized carbons (Fsp3) is 0.500. The lowest BCUT2D eigenvalue weighted by atomic mass is 9.97. The highest BCUT2D eigenvalue weighted by Gasteiger charge is 2.34. The Hall–Kier alpha value is -1.08. The maximum atomic E-state index is 12.7. The van der Waals surface area contributed by atoms with E-state index in [2.05, 4.69) is 0 Å². The Morgan fingerprint density at radius 2 is 1.89 bits per heavy atom. The fourth-order valence-corrected chi connectivity index (χ4v) is 2.92. The predicted molar refractivity (Wildman–Crippen MR) is 62.1 cm³/mol. The van der Waals surface area contributed by atoms with Crippen molar-refractivity contribution >= 4 is 10.1 Å². The highest BCUT2D eigenvalue weighted by molar-refractivity contribution is 7.86. The maximum absolute atomic E-state index is 12.7. The van der Waals surface area contributed by atoms with Crippen molar-refractivity contribution in [2.24, 2.45) is 0 Å². The summed E-state index contributed by atoms with van der Waals surface area (Å²) in [5.74, 6) is 0. The number of aryl methyl sites for hydroxylation is 1. The first kappa shape index (κ1) is 14.3. The van der Waals surface area contributed by atoms with Gasteiger partial charge < -0.3 is 0 Å². The van der Waals surface area contributed by atoms with E-state index in [1.807, 2.05) is 0 Å². The van der Waals surface area contributed by atoms with E-state index in [9.17, 15) is 21.6 Å². The third-order valence-electron chi connectivity index (χ3n) is 3.12. The summed E-state index contributed by atoms with van der Waals surface area (Å²) in [5, 5.41) is 0. The lowest BCUT2D eigenvalue weighted by Crippen LogP contribution is -2.25. The summed E-state index contributed by atoms with van der Waals surface area (Å²) >= 11 is 0. The second-order valence-corrected chi connectivity index (χ2v) is 6.15. The molecule has 0 N–H and O–H groups in total. The van der Waals surface area contributed by atoms with Crippen LogP contribution in [0, 0.1) is 6.92 Å². The van der Waals surface area contributed by atoms with E-state index < -0.39 is 32.9 Å². The Morgan fingerprint density at radius 3 is 2.37 bits per heavy atom. The predicted octanol–water partition coefficient (Wildman–Crippen LogP) is 3.27. The maximum Gasteiger partial charge on any atom is 0.416 e. The van der Waals surface area contributed by atoms with Crippen molar-refractivity contribution in [3.05, 3.63) is 29.3 Å². The number of benzene rings is 1. The smallest absolute Gasteiger partial charge is 0.263 e. The molecule has 1 aliphatic rings. The molecule has 0 aromatic heterocycles. The van der Waals surface area contributed by atoms with Crippen LogP contribution < -0.4 is 0 Å². The number of hydrogen-bond donors (Lipinski definition) is 0. The van der Waals surface area contributed by atoms with E-state index in [1.54, 1.807) is 0 Å². The van der Waals surface area contributed by atoms with Crippen LogP contribution >= 0.6 is 0 Å². The summed E-state index contributed by atoms with van der Waals surface area (Å²) in [6.07, 6.45) is -2.86. The third-order valence-corrected chi connectivity index (χ3v) is 4.47. The van der Waals surface area contributed by atoms with Gasteiger partial charge in [-0.3, -0.25) is 4.18 Å². The van der Waals surface area contributed by atoms with Crippen molar-refractivity contribution in [1.29, 1.82) is 0 Å². The zero-order valence-electron chi connectivity index (χ0n) is 10.2. The molecule has 1 aliphatic carbocycles. The van der Waals surface area contributed by atoms with Crippen molar-refractivity contribution < 1.29 is 25.8 Å². The average Bonchev–Trinajstić information content (AvgIpc) is 2.22. The van der Waals surface area contributed by atoms with E-state index >= 15 is 0 Å². The monoisotopic (exact) mass is 294 g/mol. The Morgan fingerprint density at radius 1 is 1.26 bits per heavy atom. The lowest BCUT2D eigenvalue weighted by molar-refractivity contribution is -0.138. The van der Waals surface area contributed by atoms with Crippen LogP contribution in [0.5, 0.6) is 0 Å². The minimum atomic E-state index is -4.58. The van der Waals surface area contributed by atoms with Gasteiger partial charge in [-0.2, -0.15) is 21.6 Å². The normalized spacial score (nSPS) is 17.3. The molecule has 0 radical (unpaired) electrons. The molecule has 1 aromatic rings. The van der Waals surface area contributed by atoms with Gasteiger partial charge in [0.15, 0.2) is 0 Å². The number of halogens is 3. The molecule has 0 aliphatic heterocycles. The van der Waals surface area contributed by atoms with Gasteiger partial charge in [-0.05, 0) is 43.9 Å². The van der Waals surface area contributed by atoms with Crippen molar-refractivity contribution in [2.75, 3.05) is 0 Å². The van der Waals surface area contributed by atoms with Gasteiger partial charge in [0.05, 0.1) is 16.6 Å². The van der Waals surface area contributed by atoms with E-state index in [-0.39, 0.29) is 5.56 Å². The molecule has 0 amide bonds. The van der Waals surface area contributed by atoms with Gasteiger partial charge in [0.2, 0.25) is 0 Å². The summed E-state index contributed by atoms with van der Waals surface area (Å²) < 4.78 is 66.7. The molecule has 7 heteroatoms. The molecular formula is C12H13F3O3S.